The minimum atomic E-state index is -0.124. The summed E-state index contributed by atoms with van der Waals surface area (Å²) in [5.41, 5.74) is 6.22. The van der Waals surface area contributed by atoms with Crippen LogP contribution in [0, 0.1) is 5.41 Å². The minimum absolute atomic E-state index is 0.124. The summed E-state index contributed by atoms with van der Waals surface area (Å²) >= 11 is 0. The maximum atomic E-state index is 7.37. The van der Waals surface area contributed by atoms with Crippen LogP contribution in [0.5, 0.6) is 11.5 Å². The van der Waals surface area contributed by atoms with Gasteiger partial charge < -0.3 is 24.0 Å². The van der Waals surface area contributed by atoms with Gasteiger partial charge in [-0.2, -0.15) is 0 Å². The third kappa shape index (κ3) is 2.91. The maximum absolute atomic E-state index is 7.37. The molecule has 118 valence electrons. The smallest absolute Gasteiger partial charge is 0.170 e. The second-order valence-corrected chi connectivity index (χ2v) is 4.84. The molecule has 3 N–H and O–H groups in total. The zero-order valence-electron chi connectivity index (χ0n) is 12.8. The van der Waals surface area contributed by atoms with Crippen LogP contribution in [0.15, 0.2) is 51.3 Å². The van der Waals surface area contributed by atoms with Crippen LogP contribution < -0.4 is 15.2 Å². The number of hydrogen-bond donors (Lipinski definition) is 2. The first-order valence-electron chi connectivity index (χ1n) is 6.88. The minimum Gasteiger partial charge on any atom is -0.497 e. The highest BCUT2D eigenvalue weighted by molar-refractivity contribution is 5.92. The van der Waals surface area contributed by atoms with Crippen molar-refractivity contribution in [2.75, 3.05) is 14.2 Å². The number of rotatable bonds is 5. The first kappa shape index (κ1) is 14.8. The van der Waals surface area contributed by atoms with E-state index in [-0.39, 0.29) is 5.84 Å². The van der Waals surface area contributed by atoms with Crippen LogP contribution in [0.1, 0.15) is 5.76 Å². The van der Waals surface area contributed by atoms with Crippen molar-refractivity contribution in [2.45, 2.75) is 0 Å². The third-order valence-electron chi connectivity index (χ3n) is 3.36. The van der Waals surface area contributed by atoms with E-state index >= 15 is 0 Å². The number of methoxy groups -OCH3 is 2. The average molecular weight is 312 g/mol. The summed E-state index contributed by atoms with van der Waals surface area (Å²) in [6.45, 7) is 0. The Morgan fingerprint density at radius 2 is 1.43 bits per heavy atom. The Labute approximate surface area is 132 Å². The molecule has 0 aliphatic heterocycles. The standard InChI is InChI=1S/C17H16N2O4/c1-20-11-7-10(8-12(9-11)21-2)13-3-4-14(22-13)15-5-6-16(23-15)17(18)19/h3-9H,1-2H3,(H3,18,19). The van der Waals surface area contributed by atoms with Gasteiger partial charge in [-0.3, -0.25) is 5.41 Å². The lowest BCUT2D eigenvalue weighted by molar-refractivity contribution is 0.394. The number of nitrogens with two attached hydrogens (primary N) is 1. The van der Waals surface area contributed by atoms with E-state index in [1.165, 1.54) is 0 Å². The van der Waals surface area contributed by atoms with Crippen molar-refractivity contribution in [3.05, 3.63) is 48.2 Å². The fourth-order valence-corrected chi connectivity index (χ4v) is 2.19. The number of benzene rings is 1. The Balaban J connectivity index is 1.96. The first-order chi connectivity index (χ1) is 11.1. The molecule has 0 saturated carbocycles. The highest BCUT2D eigenvalue weighted by atomic mass is 16.5. The van der Waals surface area contributed by atoms with Crippen LogP contribution >= 0.6 is 0 Å². The Morgan fingerprint density at radius 3 is 2.00 bits per heavy atom. The topological polar surface area (TPSA) is 94.6 Å². The summed E-state index contributed by atoms with van der Waals surface area (Å²) in [5, 5.41) is 7.37. The first-order valence-corrected chi connectivity index (χ1v) is 6.88. The summed E-state index contributed by atoms with van der Waals surface area (Å²) in [5.74, 6) is 3.24. The van der Waals surface area contributed by atoms with Crippen LogP contribution in [0.3, 0.4) is 0 Å². The molecule has 2 aromatic heterocycles. The molecular formula is C17H16N2O4. The molecule has 0 atom stereocenters. The zero-order valence-corrected chi connectivity index (χ0v) is 12.8. The summed E-state index contributed by atoms with van der Waals surface area (Å²) < 4.78 is 21.8. The lowest BCUT2D eigenvalue weighted by Crippen LogP contribution is -2.09. The quantitative estimate of drug-likeness (QED) is 0.555. The molecule has 0 saturated heterocycles. The van der Waals surface area contributed by atoms with E-state index in [0.717, 1.165) is 5.56 Å². The molecule has 0 amide bonds. The van der Waals surface area contributed by atoms with E-state index < -0.39 is 0 Å². The molecule has 0 fully saturated rings. The van der Waals surface area contributed by atoms with Gasteiger partial charge in [-0.05, 0) is 36.4 Å². The van der Waals surface area contributed by atoms with Crippen LogP contribution in [0.4, 0.5) is 0 Å². The summed E-state index contributed by atoms with van der Waals surface area (Å²) in [7, 11) is 3.19. The zero-order chi connectivity index (χ0) is 16.4. The van der Waals surface area contributed by atoms with Crippen LogP contribution in [-0.4, -0.2) is 20.1 Å². The van der Waals surface area contributed by atoms with E-state index in [2.05, 4.69) is 0 Å². The predicted octanol–water partition coefficient (Wildman–Crippen LogP) is 3.51. The Kier molecular flexibility index (Phi) is 3.80. The molecule has 23 heavy (non-hydrogen) atoms. The van der Waals surface area contributed by atoms with Crippen molar-refractivity contribution in [3.8, 4) is 34.3 Å². The fourth-order valence-electron chi connectivity index (χ4n) is 2.19. The van der Waals surface area contributed by atoms with E-state index in [1.54, 1.807) is 38.5 Å². The fraction of sp³-hybridized carbons (Fsp3) is 0.118. The predicted molar refractivity (Wildman–Crippen MR) is 86.0 cm³/mol. The van der Waals surface area contributed by atoms with Gasteiger partial charge in [0.1, 0.15) is 17.3 Å². The number of ether oxygens (including phenoxy) is 2. The molecule has 6 nitrogen and oxygen atoms in total. The number of amidine groups is 1. The van der Waals surface area contributed by atoms with Crippen LogP contribution in [0.25, 0.3) is 22.8 Å². The van der Waals surface area contributed by atoms with Crippen molar-refractivity contribution in [1.82, 2.24) is 0 Å². The van der Waals surface area contributed by atoms with Gasteiger partial charge in [0, 0.05) is 11.6 Å². The van der Waals surface area contributed by atoms with Crippen LogP contribution in [-0.2, 0) is 0 Å². The molecule has 0 spiro atoms. The van der Waals surface area contributed by atoms with Crippen molar-refractivity contribution >= 4 is 5.84 Å². The lowest BCUT2D eigenvalue weighted by Gasteiger charge is -2.06. The molecule has 0 bridgehead atoms. The number of hydrogen-bond acceptors (Lipinski definition) is 5. The second kappa shape index (κ2) is 5.92. The summed E-state index contributed by atoms with van der Waals surface area (Å²) in [6.07, 6.45) is 0. The van der Waals surface area contributed by atoms with Crippen molar-refractivity contribution in [1.29, 1.82) is 5.41 Å². The second-order valence-electron chi connectivity index (χ2n) is 4.84. The van der Waals surface area contributed by atoms with Gasteiger partial charge in [0.25, 0.3) is 0 Å². The number of nitrogens with one attached hydrogen (secondary N) is 1. The van der Waals surface area contributed by atoms with Gasteiger partial charge >= 0.3 is 0 Å². The highest BCUT2D eigenvalue weighted by Crippen LogP contribution is 2.33. The Morgan fingerprint density at radius 1 is 0.870 bits per heavy atom. The third-order valence-corrected chi connectivity index (χ3v) is 3.36. The molecule has 0 aliphatic carbocycles. The average Bonchev–Trinajstić information content (AvgIpc) is 3.23. The summed E-state index contributed by atoms with van der Waals surface area (Å²) in [6, 6.07) is 12.5. The van der Waals surface area contributed by atoms with E-state index in [0.29, 0.717) is 34.5 Å². The molecule has 0 aliphatic rings. The molecule has 0 radical (unpaired) electrons. The van der Waals surface area contributed by atoms with Crippen molar-refractivity contribution in [3.63, 3.8) is 0 Å². The van der Waals surface area contributed by atoms with Gasteiger partial charge in [-0.15, -0.1) is 0 Å². The maximum Gasteiger partial charge on any atom is 0.170 e. The Bertz CT molecular complexity index is 826. The van der Waals surface area contributed by atoms with Gasteiger partial charge in [0.05, 0.1) is 14.2 Å². The van der Waals surface area contributed by atoms with Crippen LogP contribution in [0.2, 0.25) is 0 Å². The molecule has 3 aromatic rings. The molecule has 2 heterocycles. The van der Waals surface area contributed by atoms with Gasteiger partial charge in [-0.25, -0.2) is 0 Å². The highest BCUT2D eigenvalue weighted by Gasteiger charge is 2.13. The van der Waals surface area contributed by atoms with Gasteiger partial charge in [0.15, 0.2) is 23.1 Å². The number of nitrogen functional groups attached to an aromatic ring is 1. The van der Waals surface area contributed by atoms with E-state index in [9.17, 15) is 0 Å². The van der Waals surface area contributed by atoms with E-state index in [4.69, 9.17) is 29.5 Å². The molecule has 6 heteroatoms. The number of furan rings is 2. The monoisotopic (exact) mass is 312 g/mol. The lowest BCUT2D eigenvalue weighted by atomic mass is 10.1. The molecule has 3 rings (SSSR count). The van der Waals surface area contributed by atoms with Crippen molar-refractivity contribution in [2.24, 2.45) is 5.73 Å². The normalized spacial score (nSPS) is 10.5. The Hall–Kier alpha value is -3.15. The largest absolute Gasteiger partial charge is 0.497 e. The summed E-state index contributed by atoms with van der Waals surface area (Å²) in [4.78, 5) is 0. The molecular weight excluding hydrogens is 296 g/mol. The van der Waals surface area contributed by atoms with Gasteiger partial charge in [-0.1, -0.05) is 0 Å². The van der Waals surface area contributed by atoms with E-state index in [1.807, 2.05) is 18.2 Å². The molecule has 1 aromatic carbocycles. The SMILES string of the molecule is COc1cc(OC)cc(-c2ccc(-c3ccc(C(=N)N)o3)o2)c1. The van der Waals surface area contributed by atoms with Gasteiger partial charge in [0.2, 0.25) is 0 Å². The van der Waals surface area contributed by atoms with Crippen molar-refractivity contribution < 1.29 is 18.3 Å². The molecule has 0 unspecified atom stereocenters.